The molecular weight excluding hydrogens is 294 g/mol. The van der Waals surface area contributed by atoms with Gasteiger partial charge in [-0.1, -0.05) is 36.0 Å². The molecule has 114 valence electrons. The molecule has 1 aromatic carbocycles. The van der Waals surface area contributed by atoms with Gasteiger partial charge >= 0.3 is 0 Å². The Morgan fingerprint density at radius 2 is 1.73 bits per heavy atom. The maximum Gasteiger partial charge on any atom is 0.147 e. The average molecular weight is 313 g/mol. The van der Waals surface area contributed by atoms with E-state index in [-0.39, 0.29) is 5.37 Å². The number of benzene rings is 1. The van der Waals surface area contributed by atoms with Crippen molar-refractivity contribution in [2.45, 2.75) is 10.3 Å². The molecule has 1 aromatic heterocycles. The normalized spacial score (nSPS) is 17.2. The summed E-state index contributed by atoms with van der Waals surface area (Å²) in [4.78, 5) is 21.5. The Hall–Kier alpha value is -1.85. The van der Waals surface area contributed by atoms with Gasteiger partial charge in [0.15, 0.2) is 0 Å². The lowest BCUT2D eigenvalue weighted by atomic mass is 10.3. The largest absolute Gasteiger partial charge is 0.354 e. The van der Waals surface area contributed by atoms with Gasteiger partial charge in [0.1, 0.15) is 17.5 Å². The minimum atomic E-state index is -0.117. The number of anilines is 1. The van der Waals surface area contributed by atoms with Gasteiger partial charge in [0, 0.05) is 37.3 Å². The predicted octanol–water partition coefficient (Wildman–Crippen LogP) is 2.52. The highest BCUT2D eigenvalue weighted by atomic mass is 32.2. The lowest BCUT2D eigenvalue weighted by Gasteiger charge is -2.37. The van der Waals surface area contributed by atoms with Crippen molar-refractivity contribution in [2.75, 3.05) is 31.1 Å². The van der Waals surface area contributed by atoms with Gasteiger partial charge in [-0.2, -0.15) is 0 Å². The zero-order valence-electron chi connectivity index (χ0n) is 12.3. The molecule has 2 aromatic rings. The molecular formula is C17H19N3OS. The third-order valence-corrected chi connectivity index (χ3v) is 4.96. The number of aromatic nitrogens is 1. The first-order valence-electron chi connectivity index (χ1n) is 7.44. The van der Waals surface area contributed by atoms with E-state index in [2.05, 4.69) is 14.8 Å². The minimum absolute atomic E-state index is 0.117. The van der Waals surface area contributed by atoms with Gasteiger partial charge < -0.3 is 9.69 Å². The van der Waals surface area contributed by atoms with Crippen LogP contribution in [0.5, 0.6) is 0 Å². The maximum atomic E-state index is 11.5. The minimum Gasteiger partial charge on any atom is -0.354 e. The molecule has 4 nitrogen and oxygen atoms in total. The molecule has 0 spiro atoms. The van der Waals surface area contributed by atoms with Crippen molar-refractivity contribution in [1.82, 2.24) is 9.88 Å². The number of carbonyl (C=O) groups excluding carboxylic acids is 1. The number of rotatable bonds is 5. The highest BCUT2D eigenvalue weighted by molar-refractivity contribution is 8.00. The summed E-state index contributed by atoms with van der Waals surface area (Å²) in [5, 5.41) is -0.117. The number of pyridine rings is 1. The summed E-state index contributed by atoms with van der Waals surface area (Å²) < 4.78 is 0. The first-order valence-corrected chi connectivity index (χ1v) is 8.32. The van der Waals surface area contributed by atoms with Crippen molar-refractivity contribution in [3.63, 3.8) is 0 Å². The van der Waals surface area contributed by atoms with E-state index < -0.39 is 0 Å². The lowest BCUT2D eigenvalue weighted by molar-refractivity contribution is -0.109. The number of nitrogens with zero attached hydrogens (tertiary/aromatic N) is 3. The molecule has 0 radical (unpaired) electrons. The van der Waals surface area contributed by atoms with Crippen LogP contribution in [0.15, 0.2) is 59.6 Å². The fourth-order valence-electron chi connectivity index (χ4n) is 2.57. The van der Waals surface area contributed by atoms with Gasteiger partial charge in [0.05, 0.1) is 0 Å². The molecule has 0 saturated carbocycles. The molecule has 1 atom stereocenters. The molecule has 1 aliphatic rings. The van der Waals surface area contributed by atoms with E-state index in [0.717, 1.165) is 43.2 Å². The Balaban J connectivity index is 1.59. The molecule has 0 bridgehead atoms. The summed E-state index contributed by atoms with van der Waals surface area (Å²) >= 11 is 1.62. The van der Waals surface area contributed by atoms with Gasteiger partial charge in [0.2, 0.25) is 0 Å². The third-order valence-electron chi connectivity index (χ3n) is 3.76. The highest BCUT2D eigenvalue weighted by Gasteiger charge is 2.24. The van der Waals surface area contributed by atoms with Crippen LogP contribution >= 0.6 is 11.8 Å². The zero-order valence-corrected chi connectivity index (χ0v) is 13.2. The van der Waals surface area contributed by atoms with Crippen molar-refractivity contribution in [1.29, 1.82) is 0 Å². The number of hydrogen-bond donors (Lipinski definition) is 0. The van der Waals surface area contributed by atoms with Gasteiger partial charge in [-0.3, -0.25) is 4.90 Å². The fraction of sp³-hybridized carbons (Fsp3) is 0.294. The van der Waals surface area contributed by atoms with Crippen molar-refractivity contribution < 1.29 is 4.79 Å². The van der Waals surface area contributed by atoms with E-state index >= 15 is 0 Å². The topological polar surface area (TPSA) is 36.4 Å². The summed E-state index contributed by atoms with van der Waals surface area (Å²) in [7, 11) is 0. The maximum absolute atomic E-state index is 11.5. The second-order valence-electron chi connectivity index (χ2n) is 5.17. The van der Waals surface area contributed by atoms with Gasteiger partial charge in [0.25, 0.3) is 0 Å². The number of hydrogen-bond acceptors (Lipinski definition) is 5. The summed E-state index contributed by atoms with van der Waals surface area (Å²) in [6, 6.07) is 16.1. The van der Waals surface area contributed by atoms with Crippen molar-refractivity contribution in [2.24, 2.45) is 0 Å². The molecule has 22 heavy (non-hydrogen) atoms. The Morgan fingerprint density at radius 3 is 2.36 bits per heavy atom. The fourth-order valence-corrected chi connectivity index (χ4v) is 3.58. The predicted molar refractivity (Wildman–Crippen MR) is 90.2 cm³/mol. The van der Waals surface area contributed by atoms with Crippen LogP contribution in [0.25, 0.3) is 0 Å². The van der Waals surface area contributed by atoms with E-state index in [0.29, 0.717) is 0 Å². The second kappa shape index (κ2) is 7.42. The van der Waals surface area contributed by atoms with E-state index in [1.165, 1.54) is 0 Å². The van der Waals surface area contributed by atoms with Crippen LogP contribution in [0.2, 0.25) is 0 Å². The van der Waals surface area contributed by atoms with E-state index in [1.807, 2.05) is 54.7 Å². The number of thioether (sulfide) groups is 1. The van der Waals surface area contributed by atoms with Crippen LogP contribution in [0, 0.1) is 0 Å². The zero-order chi connectivity index (χ0) is 15.2. The molecule has 2 heterocycles. The summed E-state index contributed by atoms with van der Waals surface area (Å²) in [6.45, 7) is 3.55. The monoisotopic (exact) mass is 313 g/mol. The summed E-state index contributed by atoms with van der Waals surface area (Å²) in [6.07, 6.45) is 2.87. The quantitative estimate of drug-likeness (QED) is 0.626. The summed E-state index contributed by atoms with van der Waals surface area (Å²) in [5.74, 6) is 1.01. The Kier molecular flexibility index (Phi) is 5.08. The first kappa shape index (κ1) is 15.1. The highest BCUT2D eigenvalue weighted by Crippen LogP contribution is 2.25. The van der Waals surface area contributed by atoms with E-state index in [9.17, 15) is 4.79 Å². The van der Waals surface area contributed by atoms with E-state index in [4.69, 9.17) is 0 Å². The smallest absolute Gasteiger partial charge is 0.147 e. The molecule has 1 unspecified atom stereocenters. The van der Waals surface area contributed by atoms with E-state index in [1.54, 1.807) is 11.8 Å². The van der Waals surface area contributed by atoms with Gasteiger partial charge in [-0.05, 0) is 24.3 Å². The SMILES string of the molecule is O=CC(Sc1ccccc1)N1CCN(c2ccccn2)CC1. The number of aldehydes is 1. The first-order chi connectivity index (χ1) is 10.9. The molecule has 0 N–H and O–H groups in total. The van der Waals surface area contributed by atoms with Crippen molar-refractivity contribution in [3.05, 3.63) is 54.7 Å². The number of carbonyl (C=O) groups is 1. The van der Waals surface area contributed by atoms with Crippen molar-refractivity contribution >= 4 is 23.9 Å². The molecule has 0 aliphatic carbocycles. The summed E-state index contributed by atoms with van der Waals surface area (Å²) in [5.41, 5.74) is 0. The molecule has 5 heteroatoms. The Labute approximate surface area is 135 Å². The van der Waals surface area contributed by atoms with Crippen LogP contribution in [0.4, 0.5) is 5.82 Å². The molecule has 1 fully saturated rings. The van der Waals surface area contributed by atoms with Crippen molar-refractivity contribution in [3.8, 4) is 0 Å². The third kappa shape index (κ3) is 3.67. The van der Waals surface area contributed by atoms with Gasteiger partial charge in [-0.15, -0.1) is 0 Å². The standard InChI is InChI=1S/C17H19N3OS/c21-14-17(22-15-6-2-1-3-7-15)20-12-10-19(11-13-20)16-8-4-5-9-18-16/h1-9,14,17H,10-13H2. The molecule has 1 saturated heterocycles. The van der Waals surface area contributed by atoms with Crippen LogP contribution in [-0.4, -0.2) is 47.7 Å². The van der Waals surface area contributed by atoms with Gasteiger partial charge in [-0.25, -0.2) is 4.98 Å². The Bertz CT molecular complexity index is 585. The average Bonchev–Trinajstić information content (AvgIpc) is 2.61. The molecule has 3 rings (SSSR count). The van der Waals surface area contributed by atoms with Crippen LogP contribution in [-0.2, 0) is 4.79 Å². The molecule has 0 amide bonds. The van der Waals surface area contributed by atoms with Crippen LogP contribution < -0.4 is 4.90 Å². The van der Waals surface area contributed by atoms with Crippen LogP contribution in [0.3, 0.4) is 0 Å². The Morgan fingerprint density at radius 1 is 1.00 bits per heavy atom. The molecule has 1 aliphatic heterocycles. The number of piperazine rings is 1. The van der Waals surface area contributed by atoms with Crippen LogP contribution in [0.1, 0.15) is 0 Å². The lowest BCUT2D eigenvalue weighted by Crippen LogP contribution is -2.50. The second-order valence-corrected chi connectivity index (χ2v) is 6.36.